The Balaban J connectivity index is 1.78. The lowest BCUT2D eigenvalue weighted by Gasteiger charge is -2.13. The van der Waals surface area contributed by atoms with Gasteiger partial charge < -0.3 is 10.4 Å². The molecule has 0 aliphatic rings. The van der Waals surface area contributed by atoms with Crippen LogP contribution < -0.4 is 5.32 Å². The highest BCUT2D eigenvalue weighted by molar-refractivity contribution is 5.66. The number of nitrogens with zero attached hydrogens (tertiary/aromatic N) is 4. The number of fused-ring (bicyclic) bond motifs is 1. The molecule has 1 unspecified atom stereocenters. The van der Waals surface area contributed by atoms with Gasteiger partial charge in [0.05, 0.1) is 17.5 Å². The predicted octanol–water partition coefficient (Wildman–Crippen LogP) is 1.58. The Morgan fingerprint density at radius 2 is 2.10 bits per heavy atom. The zero-order valence-corrected chi connectivity index (χ0v) is 11.1. The molecule has 2 aromatic heterocycles. The van der Waals surface area contributed by atoms with Gasteiger partial charge in [0.2, 0.25) is 5.65 Å². The average Bonchev–Trinajstić information content (AvgIpc) is 2.93. The molecular formula is C14H15N5O. The van der Waals surface area contributed by atoms with E-state index in [9.17, 15) is 5.11 Å². The molecule has 0 amide bonds. The van der Waals surface area contributed by atoms with Crippen molar-refractivity contribution in [1.29, 1.82) is 0 Å². The van der Waals surface area contributed by atoms with Crippen molar-refractivity contribution in [2.45, 2.75) is 13.0 Å². The lowest BCUT2D eigenvalue weighted by atomic mass is 10.1. The largest absolute Gasteiger partial charge is 0.387 e. The second-order valence-electron chi connectivity index (χ2n) is 4.61. The Bertz CT molecular complexity index is 710. The van der Waals surface area contributed by atoms with Crippen molar-refractivity contribution < 1.29 is 5.11 Å². The number of aryl methyl sites for hydroxylation is 1. The molecule has 3 rings (SSSR count). The predicted molar refractivity (Wildman–Crippen MR) is 75.4 cm³/mol. The Morgan fingerprint density at radius 1 is 1.30 bits per heavy atom. The number of benzene rings is 1. The first-order valence-corrected chi connectivity index (χ1v) is 6.38. The van der Waals surface area contributed by atoms with E-state index in [0.717, 1.165) is 16.9 Å². The SMILES string of the molecule is Cc1cc(NCC(O)c2ccccc2)c2nncn2n1. The highest BCUT2D eigenvalue weighted by Crippen LogP contribution is 2.17. The first-order valence-electron chi connectivity index (χ1n) is 6.38. The van der Waals surface area contributed by atoms with Gasteiger partial charge in [0.25, 0.3) is 0 Å². The maximum absolute atomic E-state index is 10.2. The molecule has 0 spiro atoms. The third kappa shape index (κ3) is 2.46. The van der Waals surface area contributed by atoms with E-state index >= 15 is 0 Å². The molecule has 1 aromatic carbocycles. The number of aliphatic hydroxyl groups excluding tert-OH is 1. The summed E-state index contributed by atoms with van der Waals surface area (Å²) in [4.78, 5) is 0. The molecule has 0 aliphatic heterocycles. The van der Waals surface area contributed by atoms with Gasteiger partial charge in [-0.05, 0) is 18.6 Å². The van der Waals surface area contributed by atoms with Gasteiger partial charge in [0.1, 0.15) is 6.33 Å². The Kier molecular flexibility index (Phi) is 3.30. The molecule has 2 heterocycles. The topological polar surface area (TPSA) is 75.3 Å². The minimum absolute atomic E-state index is 0.399. The molecule has 0 fully saturated rings. The molecular weight excluding hydrogens is 254 g/mol. The van der Waals surface area contributed by atoms with Crippen LogP contribution in [0.1, 0.15) is 17.4 Å². The molecule has 0 aliphatic carbocycles. The van der Waals surface area contributed by atoms with Crippen LogP contribution in [0, 0.1) is 6.92 Å². The summed E-state index contributed by atoms with van der Waals surface area (Å²) in [6.45, 7) is 2.30. The average molecular weight is 269 g/mol. The summed E-state index contributed by atoms with van der Waals surface area (Å²) in [5, 5.41) is 25.5. The van der Waals surface area contributed by atoms with Crippen LogP contribution in [0.3, 0.4) is 0 Å². The van der Waals surface area contributed by atoms with Crippen molar-refractivity contribution in [3.05, 3.63) is 54.0 Å². The number of hydrogen-bond donors (Lipinski definition) is 2. The smallest absolute Gasteiger partial charge is 0.200 e. The van der Waals surface area contributed by atoms with Crippen molar-refractivity contribution in [3.8, 4) is 0 Å². The van der Waals surface area contributed by atoms with Crippen LogP contribution in [0.15, 0.2) is 42.7 Å². The highest BCUT2D eigenvalue weighted by atomic mass is 16.3. The Morgan fingerprint density at radius 3 is 2.90 bits per heavy atom. The van der Waals surface area contributed by atoms with E-state index < -0.39 is 6.10 Å². The van der Waals surface area contributed by atoms with Gasteiger partial charge in [0.15, 0.2) is 0 Å². The van der Waals surface area contributed by atoms with E-state index in [1.807, 2.05) is 43.3 Å². The number of aliphatic hydroxyl groups is 1. The quantitative estimate of drug-likeness (QED) is 0.752. The molecule has 6 nitrogen and oxygen atoms in total. The van der Waals surface area contributed by atoms with Crippen molar-refractivity contribution >= 4 is 11.3 Å². The summed E-state index contributed by atoms with van der Waals surface area (Å²) in [5.74, 6) is 0. The van der Waals surface area contributed by atoms with Crippen LogP contribution in [0.4, 0.5) is 5.69 Å². The highest BCUT2D eigenvalue weighted by Gasteiger charge is 2.10. The molecule has 0 saturated heterocycles. The Labute approximate surface area is 116 Å². The zero-order chi connectivity index (χ0) is 13.9. The van der Waals surface area contributed by atoms with Crippen LogP contribution in [-0.2, 0) is 0 Å². The minimum Gasteiger partial charge on any atom is -0.387 e. The number of rotatable bonds is 4. The summed E-state index contributed by atoms with van der Waals surface area (Å²) < 4.78 is 1.62. The summed E-state index contributed by atoms with van der Waals surface area (Å²) in [6.07, 6.45) is 0.980. The van der Waals surface area contributed by atoms with E-state index in [-0.39, 0.29) is 0 Å². The Hall–Kier alpha value is -2.47. The fourth-order valence-electron chi connectivity index (χ4n) is 2.08. The molecule has 6 heteroatoms. The van der Waals surface area contributed by atoms with Crippen LogP contribution in [0.5, 0.6) is 0 Å². The summed E-state index contributed by atoms with van der Waals surface area (Å²) in [7, 11) is 0. The van der Waals surface area contributed by atoms with E-state index in [1.54, 1.807) is 10.8 Å². The standard InChI is InChI=1S/C14H15N5O/c1-10-7-12(14-17-16-9-19(14)18-10)15-8-13(20)11-5-3-2-4-6-11/h2-7,9,13,15,20H,8H2,1H3. The van der Waals surface area contributed by atoms with Crippen molar-refractivity contribution in [2.24, 2.45) is 0 Å². The molecule has 0 bridgehead atoms. The molecule has 2 N–H and O–H groups in total. The van der Waals surface area contributed by atoms with Crippen molar-refractivity contribution in [1.82, 2.24) is 19.8 Å². The summed E-state index contributed by atoms with van der Waals surface area (Å²) in [6, 6.07) is 11.4. The van der Waals surface area contributed by atoms with Crippen molar-refractivity contribution in [2.75, 3.05) is 11.9 Å². The van der Waals surface area contributed by atoms with Gasteiger partial charge in [-0.15, -0.1) is 10.2 Å². The third-order valence-electron chi connectivity index (χ3n) is 3.06. The summed E-state index contributed by atoms with van der Waals surface area (Å²) >= 11 is 0. The first kappa shape index (κ1) is 12.6. The molecule has 3 aromatic rings. The van der Waals surface area contributed by atoms with E-state index in [2.05, 4.69) is 20.6 Å². The second kappa shape index (κ2) is 5.26. The van der Waals surface area contributed by atoms with Crippen LogP contribution in [-0.4, -0.2) is 31.5 Å². The molecule has 20 heavy (non-hydrogen) atoms. The van der Waals surface area contributed by atoms with Gasteiger partial charge >= 0.3 is 0 Å². The molecule has 102 valence electrons. The number of nitrogens with one attached hydrogen (secondary N) is 1. The van der Waals surface area contributed by atoms with Crippen molar-refractivity contribution in [3.63, 3.8) is 0 Å². The third-order valence-corrected chi connectivity index (χ3v) is 3.06. The lowest BCUT2D eigenvalue weighted by molar-refractivity contribution is 0.191. The van der Waals surface area contributed by atoms with Crippen LogP contribution in [0.25, 0.3) is 5.65 Å². The van der Waals surface area contributed by atoms with Gasteiger partial charge in [-0.2, -0.15) is 9.61 Å². The second-order valence-corrected chi connectivity index (χ2v) is 4.61. The van der Waals surface area contributed by atoms with Crippen LogP contribution >= 0.6 is 0 Å². The van der Waals surface area contributed by atoms with Gasteiger partial charge in [-0.1, -0.05) is 30.3 Å². The normalized spacial score (nSPS) is 12.5. The minimum atomic E-state index is -0.576. The van der Waals surface area contributed by atoms with Gasteiger partial charge in [0, 0.05) is 6.54 Å². The maximum Gasteiger partial charge on any atom is 0.200 e. The van der Waals surface area contributed by atoms with Gasteiger partial charge in [-0.25, -0.2) is 0 Å². The van der Waals surface area contributed by atoms with E-state index in [1.165, 1.54) is 0 Å². The zero-order valence-electron chi connectivity index (χ0n) is 11.1. The lowest BCUT2D eigenvalue weighted by Crippen LogP contribution is -2.13. The number of hydrogen-bond acceptors (Lipinski definition) is 5. The maximum atomic E-state index is 10.2. The summed E-state index contributed by atoms with van der Waals surface area (Å²) in [5.41, 5.74) is 3.19. The molecule has 0 radical (unpaired) electrons. The number of anilines is 1. The first-order chi connectivity index (χ1) is 9.74. The van der Waals surface area contributed by atoms with Crippen LogP contribution in [0.2, 0.25) is 0 Å². The molecule has 0 saturated carbocycles. The van der Waals surface area contributed by atoms with E-state index in [0.29, 0.717) is 12.2 Å². The monoisotopic (exact) mass is 269 g/mol. The van der Waals surface area contributed by atoms with Gasteiger partial charge in [-0.3, -0.25) is 0 Å². The fraction of sp³-hybridized carbons (Fsp3) is 0.214. The molecule has 1 atom stereocenters. The number of aromatic nitrogens is 4. The van der Waals surface area contributed by atoms with E-state index in [4.69, 9.17) is 0 Å². The fourth-order valence-corrected chi connectivity index (χ4v) is 2.08.